The number of amides is 2. The van der Waals surface area contributed by atoms with Gasteiger partial charge in [-0.3, -0.25) is 13.9 Å². The molecule has 0 aliphatic carbocycles. The Kier molecular flexibility index (Phi) is 10.6. The van der Waals surface area contributed by atoms with Gasteiger partial charge in [-0.2, -0.15) is 0 Å². The van der Waals surface area contributed by atoms with Gasteiger partial charge in [-0.05, 0) is 62.9 Å². The lowest BCUT2D eigenvalue weighted by Crippen LogP contribution is -2.49. The zero-order chi connectivity index (χ0) is 26.2. The van der Waals surface area contributed by atoms with Crippen LogP contribution in [0.5, 0.6) is 0 Å². The topological polar surface area (TPSA) is 86.8 Å². The van der Waals surface area contributed by atoms with Crippen molar-refractivity contribution < 1.29 is 18.0 Å². The first-order valence-electron chi connectivity index (χ1n) is 11.8. The Bertz CT molecular complexity index is 1110. The van der Waals surface area contributed by atoms with E-state index in [0.29, 0.717) is 17.1 Å². The van der Waals surface area contributed by atoms with Gasteiger partial charge in [0, 0.05) is 30.6 Å². The molecule has 2 aromatic rings. The normalized spacial score (nSPS) is 13.1. The fourth-order valence-corrected chi connectivity index (χ4v) is 4.81. The Morgan fingerprint density at radius 3 is 2.26 bits per heavy atom. The fourth-order valence-electron chi connectivity index (χ4n) is 3.66. The minimum atomic E-state index is -3.53. The first kappa shape index (κ1) is 28.7. The number of hydrogen-bond donors (Lipinski definition) is 1. The third-order valence-electron chi connectivity index (χ3n) is 5.97. The molecular weight excluding hydrogens is 486 g/mol. The maximum Gasteiger partial charge on any atom is 0.242 e. The van der Waals surface area contributed by atoms with Crippen molar-refractivity contribution in [1.82, 2.24) is 10.2 Å². The Morgan fingerprint density at radius 2 is 1.69 bits per heavy atom. The highest BCUT2D eigenvalue weighted by Crippen LogP contribution is 2.23. The lowest BCUT2D eigenvalue weighted by molar-refractivity contribution is -0.140. The van der Waals surface area contributed by atoms with Crippen LogP contribution >= 0.6 is 11.6 Å². The summed E-state index contributed by atoms with van der Waals surface area (Å²) in [5.41, 5.74) is 2.29. The Balaban J connectivity index is 2.17. The van der Waals surface area contributed by atoms with Crippen LogP contribution in [-0.2, 0) is 26.2 Å². The Morgan fingerprint density at radius 1 is 1.06 bits per heavy atom. The molecule has 0 aliphatic rings. The van der Waals surface area contributed by atoms with E-state index in [4.69, 9.17) is 11.6 Å². The highest BCUT2D eigenvalue weighted by Gasteiger charge is 2.27. The molecule has 0 spiro atoms. The summed E-state index contributed by atoms with van der Waals surface area (Å²) in [6.07, 6.45) is 2.36. The fraction of sp³-hybridized carbons (Fsp3) is 0.462. The van der Waals surface area contributed by atoms with Crippen LogP contribution in [0.4, 0.5) is 5.69 Å². The van der Waals surface area contributed by atoms with Crippen LogP contribution in [0.3, 0.4) is 0 Å². The van der Waals surface area contributed by atoms with E-state index < -0.39 is 16.1 Å². The molecule has 35 heavy (non-hydrogen) atoms. The highest BCUT2D eigenvalue weighted by molar-refractivity contribution is 7.92. The van der Waals surface area contributed by atoms with E-state index in [-0.39, 0.29) is 37.4 Å². The van der Waals surface area contributed by atoms with Gasteiger partial charge in [0.15, 0.2) is 0 Å². The van der Waals surface area contributed by atoms with E-state index in [9.17, 15) is 18.0 Å². The van der Waals surface area contributed by atoms with Crippen molar-refractivity contribution in [2.24, 2.45) is 0 Å². The minimum absolute atomic E-state index is 0.00475. The molecule has 0 bridgehead atoms. The van der Waals surface area contributed by atoms with Crippen LogP contribution < -0.4 is 9.62 Å². The van der Waals surface area contributed by atoms with Crippen LogP contribution in [0, 0.1) is 6.92 Å². The lowest BCUT2D eigenvalue weighted by atomic mass is 10.1. The van der Waals surface area contributed by atoms with Gasteiger partial charge in [-0.1, -0.05) is 48.9 Å². The van der Waals surface area contributed by atoms with E-state index in [1.165, 1.54) is 4.31 Å². The van der Waals surface area contributed by atoms with Crippen molar-refractivity contribution in [1.29, 1.82) is 0 Å². The summed E-state index contributed by atoms with van der Waals surface area (Å²) in [7, 11) is -3.53. The average Bonchev–Trinajstić information content (AvgIpc) is 2.80. The number of carbonyl (C=O) groups is 2. The SMILES string of the molecule is CCC(C)NC(=O)C(C)N(Cc1ccc(Cl)cc1)C(=O)CCCN(c1ccccc1C)S(C)(=O)=O. The highest BCUT2D eigenvalue weighted by atomic mass is 35.5. The van der Waals surface area contributed by atoms with E-state index in [0.717, 1.165) is 23.8 Å². The molecular formula is C26H36ClN3O4S. The third-order valence-corrected chi connectivity index (χ3v) is 7.40. The number of rotatable bonds is 12. The summed E-state index contributed by atoms with van der Waals surface area (Å²) in [6.45, 7) is 7.87. The van der Waals surface area contributed by atoms with Crippen molar-refractivity contribution in [3.63, 3.8) is 0 Å². The Labute approximate surface area is 214 Å². The molecule has 0 saturated carbocycles. The average molecular weight is 522 g/mol. The number of benzene rings is 2. The molecule has 2 atom stereocenters. The van der Waals surface area contributed by atoms with Gasteiger partial charge in [0.1, 0.15) is 6.04 Å². The standard InChI is InChI=1S/C26H36ClN3O4S/c1-6-20(3)28-26(32)21(4)29(18-22-13-15-23(27)16-14-22)25(31)12-9-17-30(35(5,33)34)24-11-8-7-10-19(24)2/h7-8,10-11,13-16,20-21H,6,9,12,17-18H2,1-5H3,(H,28,32). The molecule has 9 heteroatoms. The van der Waals surface area contributed by atoms with Crippen LogP contribution in [0.25, 0.3) is 0 Å². The summed E-state index contributed by atoms with van der Waals surface area (Å²) < 4.78 is 26.2. The molecule has 0 heterocycles. The monoisotopic (exact) mass is 521 g/mol. The number of halogens is 1. The second-order valence-electron chi connectivity index (χ2n) is 8.87. The number of hydrogen-bond acceptors (Lipinski definition) is 4. The minimum Gasteiger partial charge on any atom is -0.352 e. The number of nitrogens with zero attached hydrogens (tertiary/aromatic N) is 2. The molecule has 2 aromatic carbocycles. The number of para-hydroxylation sites is 1. The van der Waals surface area contributed by atoms with Crippen molar-refractivity contribution >= 4 is 39.1 Å². The number of carbonyl (C=O) groups excluding carboxylic acids is 2. The van der Waals surface area contributed by atoms with Gasteiger partial charge in [-0.25, -0.2) is 8.42 Å². The molecule has 0 fully saturated rings. The summed E-state index contributed by atoms with van der Waals surface area (Å²) in [5, 5.41) is 3.53. The van der Waals surface area contributed by atoms with Crippen molar-refractivity contribution in [3.05, 3.63) is 64.7 Å². The van der Waals surface area contributed by atoms with E-state index >= 15 is 0 Å². The van der Waals surface area contributed by atoms with E-state index in [1.807, 2.05) is 45.0 Å². The lowest BCUT2D eigenvalue weighted by Gasteiger charge is -2.30. The quantitative estimate of drug-likeness (QED) is 0.444. The molecule has 0 saturated heterocycles. The molecule has 0 aliphatic heterocycles. The van der Waals surface area contributed by atoms with Gasteiger partial charge in [-0.15, -0.1) is 0 Å². The number of aryl methyl sites for hydroxylation is 1. The maximum absolute atomic E-state index is 13.3. The predicted molar refractivity (Wildman–Crippen MR) is 142 cm³/mol. The molecule has 2 amide bonds. The van der Waals surface area contributed by atoms with Gasteiger partial charge >= 0.3 is 0 Å². The second-order valence-corrected chi connectivity index (χ2v) is 11.2. The van der Waals surface area contributed by atoms with Gasteiger partial charge < -0.3 is 10.2 Å². The molecule has 7 nitrogen and oxygen atoms in total. The molecule has 0 radical (unpaired) electrons. The summed E-state index contributed by atoms with van der Waals surface area (Å²) in [4.78, 5) is 27.7. The van der Waals surface area contributed by atoms with Crippen LogP contribution in [0.1, 0.15) is 51.2 Å². The summed E-state index contributed by atoms with van der Waals surface area (Å²) in [6, 6.07) is 13.7. The first-order valence-corrected chi connectivity index (χ1v) is 14.0. The van der Waals surface area contributed by atoms with Crippen molar-refractivity contribution in [2.75, 3.05) is 17.1 Å². The van der Waals surface area contributed by atoms with Gasteiger partial charge in [0.2, 0.25) is 21.8 Å². The summed E-state index contributed by atoms with van der Waals surface area (Å²) >= 11 is 6.00. The molecule has 1 N–H and O–H groups in total. The van der Waals surface area contributed by atoms with E-state index in [2.05, 4.69) is 5.32 Å². The van der Waals surface area contributed by atoms with Crippen LogP contribution in [0.2, 0.25) is 5.02 Å². The molecule has 2 unspecified atom stereocenters. The van der Waals surface area contributed by atoms with Crippen LogP contribution in [0.15, 0.2) is 48.5 Å². The third kappa shape index (κ3) is 8.54. The second kappa shape index (κ2) is 12.9. The van der Waals surface area contributed by atoms with Crippen molar-refractivity contribution in [2.45, 2.75) is 65.6 Å². The number of nitrogens with one attached hydrogen (secondary N) is 1. The molecule has 0 aromatic heterocycles. The number of anilines is 1. The van der Waals surface area contributed by atoms with Gasteiger partial charge in [0.05, 0.1) is 11.9 Å². The zero-order valence-corrected chi connectivity index (χ0v) is 22.7. The van der Waals surface area contributed by atoms with E-state index in [1.54, 1.807) is 36.1 Å². The smallest absolute Gasteiger partial charge is 0.242 e. The van der Waals surface area contributed by atoms with Gasteiger partial charge in [0.25, 0.3) is 0 Å². The molecule has 2 rings (SSSR count). The number of sulfonamides is 1. The largest absolute Gasteiger partial charge is 0.352 e. The predicted octanol–water partition coefficient (Wildman–Crippen LogP) is 4.53. The first-order chi connectivity index (χ1) is 16.4. The van der Waals surface area contributed by atoms with Crippen LogP contribution in [-0.4, -0.2) is 50.0 Å². The zero-order valence-electron chi connectivity index (χ0n) is 21.1. The molecule has 192 valence electrons. The Hall–Kier alpha value is -2.58. The maximum atomic E-state index is 13.3. The van der Waals surface area contributed by atoms with Crippen molar-refractivity contribution in [3.8, 4) is 0 Å². The summed E-state index contributed by atoms with van der Waals surface area (Å²) in [5.74, 6) is -0.440.